The minimum atomic E-state index is -3.13. The molecule has 0 radical (unpaired) electrons. The molecule has 0 aliphatic heterocycles. The predicted octanol–water partition coefficient (Wildman–Crippen LogP) is 4.23. The molecule has 0 aliphatic rings. The summed E-state index contributed by atoms with van der Waals surface area (Å²) in [5.41, 5.74) is -0.717. The van der Waals surface area contributed by atoms with Crippen LogP contribution in [0.25, 0.3) is 0 Å². The van der Waals surface area contributed by atoms with Gasteiger partial charge in [0.1, 0.15) is 12.2 Å². The van der Waals surface area contributed by atoms with Crippen LogP contribution in [0.4, 0.5) is 20.2 Å². The molecule has 2 aromatic heterocycles. The highest BCUT2D eigenvalue weighted by Gasteiger charge is 2.31. The number of nitrogens with zero attached hydrogens (tertiary/aromatic N) is 5. The molecule has 0 spiro atoms. The molecule has 1 amide bonds. The van der Waals surface area contributed by atoms with Crippen molar-refractivity contribution >= 4 is 40.5 Å². The van der Waals surface area contributed by atoms with E-state index < -0.39 is 35.2 Å². The Bertz CT molecular complexity index is 1120. The zero-order chi connectivity index (χ0) is 22.0. The van der Waals surface area contributed by atoms with E-state index in [9.17, 15) is 23.7 Å². The number of benzene rings is 1. The number of halogens is 4. The fourth-order valence-electron chi connectivity index (χ4n) is 2.76. The Morgan fingerprint density at radius 3 is 2.67 bits per heavy atom. The maximum atomic E-state index is 13.0. The second-order valence-corrected chi connectivity index (χ2v) is 7.07. The molecule has 3 aromatic rings. The van der Waals surface area contributed by atoms with Gasteiger partial charge >= 0.3 is 5.69 Å². The molecule has 158 valence electrons. The van der Waals surface area contributed by atoms with Crippen molar-refractivity contribution in [3.63, 3.8) is 0 Å². The highest BCUT2D eigenvalue weighted by Crippen LogP contribution is 2.30. The highest BCUT2D eigenvalue weighted by atomic mass is 35.5. The molecule has 0 saturated carbocycles. The van der Waals surface area contributed by atoms with Crippen LogP contribution in [0.3, 0.4) is 0 Å². The third-order valence-electron chi connectivity index (χ3n) is 4.13. The van der Waals surface area contributed by atoms with Gasteiger partial charge in [0, 0.05) is 6.20 Å². The minimum Gasteiger partial charge on any atom is -0.322 e. The van der Waals surface area contributed by atoms with Crippen LogP contribution in [0, 0.1) is 17.0 Å². The highest BCUT2D eigenvalue weighted by molar-refractivity contribution is 6.42. The van der Waals surface area contributed by atoms with Crippen LogP contribution in [0.2, 0.25) is 10.0 Å². The van der Waals surface area contributed by atoms with Crippen LogP contribution in [0.5, 0.6) is 0 Å². The first-order valence-electron chi connectivity index (χ1n) is 8.41. The van der Waals surface area contributed by atoms with Crippen LogP contribution < -0.4 is 5.32 Å². The number of hydrogen-bond acceptors (Lipinski definition) is 5. The molecule has 13 heteroatoms. The van der Waals surface area contributed by atoms with Gasteiger partial charge in [0.05, 0.1) is 33.4 Å². The van der Waals surface area contributed by atoms with Gasteiger partial charge in [-0.3, -0.25) is 24.3 Å². The lowest BCUT2D eigenvalue weighted by atomic mass is 10.2. The quantitative estimate of drug-likeness (QED) is 0.420. The Kier molecular flexibility index (Phi) is 6.32. The van der Waals surface area contributed by atoms with Gasteiger partial charge in [-0.15, -0.1) is 0 Å². The molecule has 0 fully saturated rings. The number of carbonyl (C=O) groups excluding carboxylic acids is 1. The summed E-state index contributed by atoms with van der Waals surface area (Å²) < 4.78 is 28.4. The van der Waals surface area contributed by atoms with Crippen molar-refractivity contribution in [1.29, 1.82) is 0 Å². The average Bonchev–Trinajstić information content (AvgIpc) is 3.22. The average molecular weight is 459 g/mol. The zero-order valence-corrected chi connectivity index (χ0v) is 16.9. The third kappa shape index (κ3) is 4.74. The number of anilines is 1. The van der Waals surface area contributed by atoms with Crippen molar-refractivity contribution in [2.24, 2.45) is 0 Å². The third-order valence-corrected chi connectivity index (χ3v) is 4.87. The van der Waals surface area contributed by atoms with Crippen LogP contribution in [-0.4, -0.2) is 30.4 Å². The maximum Gasteiger partial charge on any atom is 0.319 e. The molecule has 9 nitrogen and oxygen atoms in total. The molecule has 0 aliphatic carbocycles. The largest absolute Gasteiger partial charge is 0.322 e. The SMILES string of the molecule is Cc1c([N+](=O)[O-])c(C(F)F)nn1CC(=O)Nc1cnn(Cc2ccc(Cl)c(Cl)c2)c1. The molecule has 0 atom stereocenters. The van der Waals surface area contributed by atoms with Crippen LogP contribution in [-0.2, 0) is 17.9 Å². The number of carbonyl (C=O) groups is 1. The van der Waals surface area contributed by atoms with Crippen molar-refractivity contribution in [3.05, 3.63) is 67.7 Å². The summed E-state index contributed by atoms with van der Waals surface area (Å²) in [7, 11) is 0. The van der Waals surface area contributed by atoms with Crippen molar-refractivity contribution in [2.45, 2.75) is 26.4 Å². The van der Waals surface area contributed by atoms with Gasteiger partial charge in [0.2, 0.25) is 11.6 Å². The van der Waals surface area contributed by atoms with Crippen molar-refractivity contribution < 1.29 is 18.5 Å². The monoisotopic (exact) mass is 458 g/mol. The van der Waals surface area contributed by atoms with E-state index in [2.05, 4.69) is 15.5 Å². The van der Waals surface area contributed by atoms with Crippen molar-refractivity contribution in [3.8, 4) is 0 Å². The summed E-state index contributed by atoms with van der Waals surface area (Å²) in [5.74, 6) is -0.606. The van der Waals surface area contributed by atoms with E-state index >= 15 is 0 Å². The van der Waals surface area contributed by atoms with E-state index in [1.807, 2.05) is 0 Å². The van der Waals surface area contributed by atoms with E-state index in [0.29, 0.717) is 22.3 Å². The number of hydrogen-bond donors (Lipinski definition) is 1. The van der Waals surface area contributed by atoms with Crippen LogP contribution in [0.15, 0.2) is 30.6 Å². The van der Waals surface area contributed by atoms with Gasteiger partial charge in [-0.25, -0.2) is 8.78 Å². The fraction of sp³-hybridized carbons (Fsp3) is 0.235. The van der Waals surface area contributed by atoms with E-state index in [-0.39, 0.29) is 5.69 Å². The second kappa shape index (κ2) is 8.76. The molecule has 0 unspecified atom stereocenters. The first-order chi connectivity index (χ1) is 14.2. The second-order valence-electron chi connectivity index (χ2n) is 6.26. The standard InChI is InChI=1S/C17H14Cl2F2N6O3/c1-9-16(27(29)30)15(17(20)21)24-26(9)8-14(28)23-11-5-22-25(7-11)6-10-2-3-12(18)13(19)4-10/h2-5,7,17H,6,8H2,1H3,(H,23,28). The molecule has 0 bridgehead atoms. The smallest absolute Gasteiger partial charge is 0.319 e. The lowest BCUT2D eigenvalue weighted by Crippen LogP contribution is -2.20. The molecule has 2 heterocycles. The van der Waals surface area contributed by atoms with Gasteiger partial charge in [0.25, 0.3) is 6.43 Å². The normalized spacial score (nSPS) is 11.1. The van der Waals surface area contributed by atoms with Crippen LogP contribution >= 0.6 is 23.2 Å². The van der Waals surface area contributed by atoms with Gasteiger partial charge in [-0.1, -0.05) is 29.3 Å². The number of rotatable bonds is 7. The Morgan fingerprint density at radius 2 is 2.07 bits per heavy atom. The van der Waals surface area contributed by atoms with E-state index in [4.69, 9.17) is 23.2 Å². The van der Waals surface area contributed by atoms with Crippen molar-refractivity contribution in [1.82, 2.24) is 19.6 Å². The summed E-state index contributed by atoms with van der Waals surface area (Å²) in [4.78, 5) is 22.3. The Labute approximate surface area is 178 Å². The molecule has 1 N–H and O–H groups in total. The number of nitrogens with one attached hydrogen (secondary N) is 1. The predicted molar refractivity (Wildman–Crippen MR) is 105 cm³/mol. The molecule has 0 saturated heterocycles. The fourth-order valence-corrected chi connectivity index (χ4v) is 3.08. The van der Waals surface area contributed by atoms with Gasteiger partial charge < -0.3 is 5.32 Å². The topological polar surface area (TPSA) is 108 Å². The lowest BCUT2D eigenvalue weighted by molar-refractivity contribution is -0.386. The summed E-state index contributed by atoms with van der Waals surface area (Å²) in [6, 6.07) is 5.13. The summed E-state index contributed by atoms with van der Waals surface area (Å²) in [6.07, 6.45) is -0.171. The number of alkyl halides is 2. The van der Waals surface area contributed by atoms with Gasteiger partial charge in [-0.2, -0.15) is 10.2 Å². The lowest BCUT2D eigenvalue weighted by Gasteiger charge is -2.05. The first-order valence-corrected chi connectivity index (χ1v) is 9.17. The summed E-state index contributed by atoms with van der Waals surface area (Å²) >= 11 is 11.9. The molecule has 1 aromatic carbocycles. The molecule has 30 heavy (non-hydrogen) atoms. The van der Waals surface area contributed by atoms with Gasteiger partial charge in [-0.05, 0) is 24.6 Å². The maximum absolute atomic E-state index is 13.0. The molecular formula is C17H14Cl2F2N6O3. The van der Waals surface area contributed by atoms with E-state index in [1.54, 1.807) is 29.1 Å². The Morgan fingerprint density at radius 1 is 1.33 bits per heavy atom. The van der Waals surface area contributed by atoms with Crippen molar-refractivity contribution in [2.75, 3.05) is 5.32 Å². The Hall–Kier alpha value is -3.05. The molecule has 3 rings (SSSR count). The number of aromatic nitrogens is 4. The van der Waals surface area contributed by atoms with Gasteiger partial charge in [0.15, 0.2) is 0 Å². The minimum absolute atomic E-state index is 0.138. The number of nitro groups is 1. The van der Waals surface area contributed by atoms with Crippen LogP contribution in [0.1, 0.15) is 23.4 Å². The Balaban J connectivity index is 1.68. The van der Waals surface area contributed by atoms with E-state index in [1.165, 1.54) is 13.1 Å². The zero-order valence-electron chi connectivity index (χ0n) is 15.4. The molecular weight excluding hydrogens is 445 g/mol. The summed E-state index contributed by atoms with van der Waals surface area (Å²) in [5, 5.41) is 22.0. The van der Waals surface area contributed by atoms with E-state index in [0.717, 1.165) is 10.2 Å². The number of amides is 1. The summed E-state index contributed by atoms with van der Waals surface area (Å²) in [6.45, 7) is 1.14. The first kappa shape index (κ1) is 21.7.